The number of para-hydroxylation sites is 1. The summed E-state index contributed by atoms with van der Waals surface area (Å²) in [6, 6.07) is 11.1. The number of hydrogen-bond donors (Lipinski definition) is 1. The Hall–Kier alpha value is -0.249. The van der Waals surface area contributed by atoms with Crippen LogP contribution >= 0.6 is 24.8 Å². The van der Waals surface area contributed by atoms with E-state index in [-0.39, 0.29) is 24.8 Å². The zero-order valence-corrected chi connectivity index (χ0v) is 17.1. The third-order valence-corrected chi connectivity index (χ3v) is 25.5. The number of halogens is 2. The second-order valence-electron chi connectivity index (χ2n) is 5.95. The number of aromatic amines is 1. The number of allylic oxidation sites excluding steroid dienone is 4. The third kappa shape index (κ3) is 3.25. The molecule has 1 aromatic heterocycles. The van der Waals surface area contributed by atoms with E-state index in [1.165, 1.54) is 17.3 Å². The Kier molecular flexibility index (Phi) is 6.57. The molecule has 1 N–H and O–H groups in total. The first kappa shape index (κ1) is 18.8. The van der Waals surface area contributed by atoms with Crippen LogP contribution in [0.3, 0.4) is 0 Å². The number of rotatable bonds is 3. The van der Waals surface area contributed by atoms with Gasteiger partial charge in [0.05, 0.1) is 0 Å². The molecule has 114 valence electrons. The summed E-state index contributed by atoms with van der Waals surface area (Å²) in [5, 5.41) is 3.98. The van der Waals surface area contributed by atoms with Gasteiger partial charge in [0.15, 0.2) is 0 Å². The summed E-state index contributed by atoms with van der Waals surface area (Å²) in [6.45, 7) is 4.38. The van der Waals surface area contributed by atoms with E-state index in [0.29, 0.717) is 0 Å². The average Bonchev–Trinajstić information content (AvgIpc) is 3.06. The van der Waals surface area contributed by atoms with Crippen molar-refractivity contribution >= 4 is 46.4 Å². The van der Waals surface area contributed by atoms with E-state index >= 15 is 0 Å². The van der Waals surface area contributed by atoms with Crippen molar-refractivity contribution in [3.05, 3.63) is 52.4 Å². The molecule has 5 heteroatoms. The number of H-pyrrole nitrogens is 1. The van der Waals surface area contributed by atoms with Gasteiger partial charge in [-0.2, -0.15) is 0 Å². The maximum Gasteiger partial charge on any atom is -0.147 e. The number of benzene rings is 1. The number of nitrogens with one attached hydrogen (secondary N) is 1. The van der Waals surface area contributed by atoms with Gasteiger partial charge in [0.25, 0.3) is 0 Å². The molecule has 21 heavy (non-hydrogen) atoms. The van der Waals surface area contributed by atoms with Crippen molar-refractivity contribution in [2.24, 2.45) is 0 Å². The number of fused-ring (bicyclic) bond motifs is 1. The molecule has 1 nitrogen and oxygen atoms in total. The molecule has 0 spiro atoms. The van der Waals surface area contributed by atoms with Crippen molar-refractivity contribution in [2.45, 2.75) is 24.7 Å². The van der Waals surface area contributed by atoms with E-state index in [0.717, 1.165) is 0 Å². The van der Waals surface area contributed by atoms with E-state index in [2.05, 4.69) is 71.9 Å². The molecule has 1 aliphatic rings. The van der Waals surface area contributed by atoms with Gasteiger partial charge in [-0.3, -0.25) is 0 Å². The van der Waals surface area contributed by atoms with Crippen molar-refractivity contribution in [3.8, 4) is 0 Å². The molecule has 0 fully saturated rings. The Bertz CT molecular complexity index is 645. The smallest absolute Gasteiger partial charge is 0.147 e. The number of hydrogen-bond acceptors (Lipinski definition) is 0. The van der Waals surface area contributed by atoms with Crippen LogP contribution in [0.1, 0.15) is 6.42 Å². The minimum atomic E-state index is -2.06. The molecule has 2 aromatic rings. The van der Waals surface area contributed by atoms with Gasteiger partial charge in [-0.05, 0) is 0 Å². The van der Waals surface area contributed by atoms with Crippen LogP contribution in [0.4, 0.5) is 0 Å². The van der Waals surface area contributed by atoms with E-state index in [1.807, 2.05) is 0 Å². The van der Waals surface area contributed by atoms with Crippen molar-refractivity contribution in [1.29, 1.82) is 0 Å². The first-order chi connectivity index (χ1) is 9.12. The first-order valence-corrected chi connectivity index (χ1v) is 15.8. The molecule has 0 amide bonds. The summed E-state index contributed by atoms with van der Waals surface area (Å²) < 4.78 is 3.34. The molecule has 1 aliphatic carbocycles. The van der Waals surface area contributed by atoms with Crippen LogP contribution in [0.25, 0.3) is 10.9 Å². The Morgan fingerprint density at radius 1 is 1.14 bits per heavy atom. The average molecular weight is 376 g/mol. The van der Waals surface area contributed by atoms with Gasteiger partial charge in [-0.1, -0.05) is 0 Å². The van der Waals surface area contributed by atoms with Crippen LogP contribution in [0.2, 0.25) is 18.3 Å². The van der Waals surface area contributed by atoms with Gasteiger partial charge in [0, 0.05) is 0 Å². The van der Waals surface area contributed by atoms with Crippen molar-refractivity contribution in [3.63, 3.8) is 0 Å². The quantitative estimate of drug-likeness (QED) is 0.750. The largest absolute Gasteiger partial charge is 0.147 e. The van der Waals surface area contributed by atoms with Crippen LogP contribution in [0.5, 0.6) is 0 Å². The molecule has 1 aromatic carbocycles. The summed E-state index contributed by atoms with van der Waals surface area (Å²) in [5.41, 5.74) is 1.30. The Morgan fingerprint density at radius 3 is 2.43 bits per heavy atom. The van der Waals surface area contributed by atoms with Crippen LogP contribution < -0.4 is 4.00 Å². The van der Waals surface area contributed by atoms with E-state index in [9.17, 15) is 0 Å². The van der Waals surface area contributed by atoms with Crippen LogP contribution in [-0.2, 0) is 15.8 Å². The van der Waals surface area contributed by atoms with Gasteiger partial charge < -0.3 is 0 Å². The normalized spacial score (nSPS) is 16.3. The molecule has 1 atom stereocenters. The Balaban J connectivity index is 0.00000110. The summed E-state index contributed by atoms with van der Waals surface area (Å²) in [5.74, 6) is 0. The molecular formula is C16H23Cl2NSiTi. The maximum atomic E-state index is 3.74. The van der Waals surface area contributed by atoms with Gasteiger partial charge in [-0.15, -0.1) is 24.8 Å². The summed E-state index contributed by atoms with van der Waals surface area (Å²) >= 11 is -2.06. The fourth-order valence-electron chi connectivity index (χ4n) is 3.04. The van der Waals surface area contributed by atoms with Crippen molar-refractivity contribution in [1.82, 2.24) is 4.98 Å². The van der Waals surface area contributed by atoms with Gasteiger partial charge in [-0.25, -0.2) is 0 Å². The SMILES string of the molecule is C[SiH](C)[Ti]([CH3])([C]1=CC=CC1)[c]1cc2ccccc2[nH]1.Cl.Cl. The molecule has 1 heterocycles. The summed E-state index contributed by atoms with van der Waals surface area (Å²) in [6.07, 6.45) is 8.16. The Morgan fingerprint density at radius 2 is 1.86 bits per heavy atom. The van der Waals surface area contributed by atoms with E-state index < -0.39 is 22.5 Å². The van der Waals surface area contributed by atoms with E-state index in [4.69, 9.17) is 0 Å². The van der Waals surface area contributed by atoms with Gasteiger partial charge in [0.2, 0.25) is 0 Å². The zero-order valence-electron chi connectivity index (χ0n) is 12.7. The zero-order chi connectivity index (χ0) is 13.5. The third-order valence-electron chi connectivity index (χ3n) is 4.68. The van der Waals surface area contributed by atoms with Crippen LogP contribution in [-0.4, -0.2) is 11.6 Å². The fraction of sp³-hybridized carbons (Fsp3) is 0.250. The first-order valence-electron chi connectivity index (χ1n) is 7.07. The summed E-state index contributed by atoms with van der Waals surface area (Å²) in [7, 11) is 0. The molecular weight excluding hydrogens is 353 g/mol. The predicted octanol–water partition coefficient (Wildman–Crippen LogP) is 4.67. The molecule has 0 bridgehead atoms. The molecule has 0 saturated carbocycles. The van der Waals surface area contributed by atoms with Gasteiger partial charge >= 0.3 is 120 Å². The molecule has 0 saturated heterocycles. The van der Waals surface area contributed by atoms with Crippen LogP contribution in [0, 0.1) is 0 Å². The number of aromatic nitrogens is 1. The topological polar surface area (TPSA) is 15.8 Å². The molecule has 1 unspecified atom stereocenters. The van der Waals surface area contributed by atoms with Crippen LogP contribution in [0.15, 0.2) is 52.4 Å². The minimum Gasteiger partial charge on any atom is -0.147 e. The molecule has 3 rings (SSSR count). The van der Waals surface area contributed by atoms with E-state index in [1.54, 1.807) is 7.88 Å². The molecule has 0 aliphatic heterocycles. The fourth-order valence-corrected chi connectivity index (χ4v) is 15.7. The second-order valence-corrected chi connectivity index (χ2v) is 24.0. The van der Waals surface area contributed by atoms with Crippen molar-refractivity contribution < 1.29 is 15.8 Å². The second kappa shape index (κ2) is 7.34. The molecule has 0 radical (unpaired) electrons. The monoisotopic (exact) mass is 375 g/mol. The Labute approximate surface area is 143 Å². The predicted molar refractivity (Wildman–Crippen MR) is 99.0 cm³/mol. The minimum absolute atomic E-state index is 0. The van der Waals surface area contributed by atoms with Gasteiger partial charge in [0.1, 0.15) is 0 Å². The maximum absolute atomic E-state index is 3.74. The standard InChI is InChI=1S/C8H6N.C5H5.C2H7Si.CH3.2ClH.Ti/c1-2-4-8-7(3-1)5-6-9-8;1-2-4-5-3-1;1-3-2;;;;/h1-5,9H;1-3H,4H2;3H,1-2H3;1H3;2*1H;. The summed E-state index contributed by atoms with van der Waals surface area (Å²) in [4.78, 5) is 3.74. The van der Waals surface area contributed by atoms with Crippen molar-refractivity contribution in [2.75, 3.05) is 0 Å².